The van der Waals surface area contributed by atoms with Gasteiger partial charge in [-0.1, -0.05) is 0 Å². The van der Waals surface area contributed by atoms with E-state index in [4.69, 9.17) is 4.74 Å². The first-order valence-corrected chi connectivity index (χ1v) is 8.74. The van der Waals surface area contributed by atoms with Crippen LogP contribution in [-0.2, 0) is 9.53 Å². The van der Waals surface area contributed by atoms with E-state index in [9.17, 15) is 4.79 Å². The minimum Gasteiger partial charge on any atom is -0.378 e. The van der Waals surface area contributed by atoms with Gasteiger partial charge in [-0.2, -0.15) is 0 Å². The number of thiophene rings is 1. The van der Waals surface area contributed by atoms with Gasteiger partial charge in [0.25, 0.3) is 0 Å². The number of ether oxygens (including phenoxy) is 1. The average Bonchev–Trinajstić information content (AvgIpc) is 2.89. The van der Waals surface area contributed by atoms with Crippen molar-refractivity contribution in [2.75, 3.05) is 32.1 Å². The summed E-state index contributed by atoms with van der Waals surface area (Å²) in [5.41, 5.74) is 0. The molecular formula is C14H17N3O2S2. The second kappa shape index (κ2) is 6.72. The molecule has 5 nitrogen and oxygen atoms in total. The van der Waals surface area contributed by atoms with Crippen molar-refractivity contribution in [2.24, 2.45) is 0 Å². The number of aryl methyl sites for hydroxylation is 1. The lowest BCUT2D eigenvalue weighted by molar-refractivity contribution is -0.134. The number of nitrogens with zero attached hydrogens (tertiary/aromatic N) is 3. The van der Waals surface area contributed by atoms with Crippen molar-refractivity contribution in [3.05, 3.63) is 17.3 Å². The number of aromatic nitrogens is 2. The normalized spacial score (nSPS) is 15.6. The molecule has 0 saturated carbocycles. The number of morpholine rings is 1. The summed E-state index contributed by atoms with van der Waals surface area (Å²) in [6, 6.07) is 2.12. The van der Waals surface area contributed by atoms with Crippen LogP contribution in [-0.4, -0.2) is 52.8 Å². The predicted octanol–water partition coefficient (Wildman–Crippen LogP) is 2.34. The first kappa shape index (κ1) is 14.7. The Hall–Kier alpha value is -1.18. The minimum atomic E-state index is 0.206. The van der Waals surface area contributed by atoms with Gasteiger partial charge < -0.3 is 9.64 Å². The number of amides is 1. The van der Waals surface area contributed by atoms with Gasteiger partial charge in [0.1, 0.15) is 16.2 Å². The molecule has 0 atom stereocenters. The van der Waals surface area contributed by atoms with Crippen molar-refractivity contribution >= 4 is 39.2 Å². The summed E-state index contributed by atoms with van der Waals surface area (Å²) < 4.78 is 5.26. The number of carbonyl (C=O) groups is 1. The summed E-state index contributed by atoms with van der Waals surface area (Å²) in [6.45, 7) is 4.80. The van der Waals surface area contributed by atoms with Gasteiger partial charge >= 0.3 is 0 Å². The molecule has 0 unspecified atom stereocenters. The Morgan fingerprint density at radius 3 is 3.05 bits per heavy atom. The molecule has 0 spiro atoms. The Morgan fingerprint density at radius 1 is 1.43 bits per heavy atom. The van der Waals surface area contributed by atoms with Gasteiger partial charge in [-0.25, -0.2) is 9.97 Å². The molecule has 1 aliphatic heterocycles. The standard InChI is InChI=1S/C14H17N3O2S2/c1-10-8-11-13(15-9-16-14(11)21-10)20-7-2-12(18)17-3-5-19-6-4-17/h8-9H,2-7H2,1H3. The molecule has 0 N–H and O–H groups in total. The zero-order valence-corrected chi connectivity index (χ0v) is 13.5. The van der Waals surface area contributed by atoms with Crippen LogP contribution in [0.5, 0.6) is 0 Å². The summed E-state index contributed by atoms with van der Waals surface area (Å²) >= 11 is 3.31. The average molecular weight is 323 g/mol. The van der Waals surface area contributed by atoms with Gasteiger partial charge in [0.05, 0.1) is 13.2 Å². The topological polar surface area (TPSA) is 55.3 Å². The Morgan fingerprint density at radius 2 is 2.24 bits per heavy atom. The number of hydrogen-bond donors (Lipinski definition) is 0. The van der Waals surface area contributed by atoms with Crippen LogP contribution in [0.3, 0.4) is 0 Å². The van der Waals surface area contributed by atoms with Gasteiger partial charge in [-0.3, -0.25) is 4.79 Å². The molecule has 21 heavy (non-hydrogen) atoms. The van der Waals surface area contributed by atoms with Crippen LogP contribution in [0, 0.1) is 6.92 Å². The summed E-state index contributed by atoms with van der Waals surface area (Å²) in [6.07, 6.45) is 2.14. The van der Waals surface area contributed by atoms with Crippen LogP contribution < -0.4 is 0 Å². The molecular weight excluding hydrogens is 306 g/mol. The highest BCUT2D eigenvalue weighted by atomic mass is 32.2. The van der Waals surface area contributed by atoms with Gasteiger partial charge in [0.15, 0.2) is 0 Å². The summed E-state index contributed by atoms with van der Waals surface area (Å²) in [7, 11) is 0. The monoisotopic (exact) mass is 323 g/mol. The van der Waals surface area contributed by atoms with Crippen LogP contribution in [0.15, 0.2) is 17.4 Å². The van der Waals surface area contributed by atoms with Crippen LogP contribution in [0.2, 0.25) is 0 Å². The molecule has 0 aromatic carbocycles. The lowest BCUT2D eigenvalue weighted by Crippen LogP contribution is -2.40. The van der Waals surface area contributed by atoms with Gasteiger partial charge in [-0.05, 0) is 13.0 Å². The van der Waals surface area contributed by atoms with Crippen molar-refractivity contribution in [1.29, 1.82) is 0 Å². The molecule has 3 rings (SSSR count). The van der Waals surface area contributed by atoms with E-state index in [1.54, 1.807) is 29.4 Å². The van der Waals surface area contributed by atoms with Crippen LogP contribution >= 0.6 is 23.1 Å². The molecule has 3 heterocycles. The summed E-state index contributed by atoms with van der Waals surface area (Å²) in [4.78, 5) is 24.8. The van der Waals surface area contributed by atoms with Crippen molar-refractivity contribution in [2.45, 2.75) is 18.4 Å². The molecule has 2 aromatic rings. The second-order valence-corrected chi connectivity index (χ2v) is 7.16. The van der Waals surface area contributed by atoms with Crippen molar-refractivity contribution in [3.8, 4) is 0 Å². The van der Waals surface area contributed by atoms with Crippen molar-refractivity contribution in [3.63, 3.8) is 0 Å². The maximum atomic E-state index is 12.1. The maximum absolute atomic E-state index is 12.1. The van der Waals surface area contributed by atoms with Gasteiger partial charge in [0.2, 0.25) is 5.91 Å². The van der Waals surface area contributed by atoms with E-state index >= 15 is 0 Å². The molecule has 1 fully saturated rings. The van der Waals surface area contributed by atoms with Crippen LogP contribution in [0.25, 0.3) is 10.2 Å². The Balaban J connectivity index is 1.58. The highest BCUT2D eigenvalue weighted by molar-refractivity contribution is 7.99. The predicted molar refractivity (Wildman–Crippen MR) is 84.9 cm³/mol. The highest BCUT2D eigenvalue weighted by Crippen LogP contribution is 2.30. The lowest BCUT2D eigenvalue weighted by Gasteiger charge is -2.26. The number of rotatable bonds is 4. The first-order chi connectivity index (χ1) is 10.2. The van der Waals surface area contributed by atoms with Crippen molar-refractivity contribution < 1.29 is 9.53 Å². The number of fused-ring (bicyclic) bond motifs is 1. The number of thioether (sulfide) groups is 1. The SMILES string of the molecule is Cc1cc2c(SCCC(=O)N3CCOCC3)ncnc2s1. The molecule has 112 valence electrons. The largest absolute Gasteiger partial charge is 0.378 e. The molecule has 7 heteroatoms. The zero-order valence-electron chi connectivity index (χ0n) is 11.9. The fourth-order valence-corrected chi connectivity index (χ4v) is 4.09. The zero-order chi connectivity index (χ0) is 14.7. The van der Waals surface area contributed by atoms with E-state index in [0.717, 1.165) is 21.0 Å². The third-order valence-corrected chi connectivity index (χ3v) is 5.30. The molecule has 0 bridgehead atoms. The third kappa shape index (κ3) is 3.53. The second-order valence-electron chi connectivity index (χ2n) is 4.85. The number of carbonyl (C=O) groups excluding carboxylic acids is 1. The van der Waals surface area contributed by atoms with Gasteiger partial charge in [0, 0.05) is 35.5 Å². The maximum Gasteiger partial charge on any atom is 0.223 e. The molecule has 1 aliphatic rings. The van der Waals surface area contributed by atoms with E-state index in [2.05, 4.69) is 23.0 Å². The summed E-state index contributed by atoms with van der Waals surface area (Å²) in [5.74, 6) is 0.953. The van der Waals surface area contributed by atoms with Gasteiger partial charge in [-0.15, -0.1) is 23.1 Å². The van der Waals surface area contributed by atoms with E-state index in [1.807, 2.05) is 4.90 Å². The fourth-order valence-electron chi connectivity index (χ4n) is 2.28. The van der Waals surface area contributed by atoms with E-state index in [1.165, 1.54) is 4.88 Å². The lowest BCUT2D eigenvalue weighted by atomic mass is 10.3. The Labute approximate surface area is 131 Å². The van der Waals surface area contributed by atoms with E-state index in [-0.39, 0.29) is 5.91 Å². The van der Waals surface area contributed by atoms with Crippen molar-refractivity contribution in [1.82, 2.24) is 14.9 Å². The highest BCUT2D eigenvalue weighted by Gasteiger charge is 2.16. The molecule has 1 saturated heterocycles. The molecule has 0 aliphatic carbocycles. The third-order valence-electron chi connectivity index (χ3n) is 3.33. The summed E-state index contributed by atoms with van der Waals surface area (Å²) in [5, 5.41) is 2.07. The first-order valence-electron chi connectivity index (χ1n) is 6.93. The quantitative estimate of drug-likeness (QED) is 0.638. The molecule has 0 radical (unpaired) electrons. The van der Waals surface area contributed by atoms with E-state index in [0.29, 0.717) is 32.7 Å². The Kier molecular flexibility index (Phi) is 4.72. The molecule has 2 aromatic heterocycles. The number of hydrogen-bond acceptors (Lipinski definition) is 6. The fraction of sp³-hybridized carbons (Fsp3) is 0.500. The van der Waals surface area contributed by atoms with E-state index < -0.39 is 0 Å². The smallest absolute Gasteiger partial charge is 0.223 e. The van der Waals surface area contributed by atoms with Crippen LogP contribution in [0.1, 0.15) is 11.3 Å². The molecule has 1 amide bonds. The minimum absolute atomic E-state index is 0.206. The Bertz CT molecular complexity index is 638. The van der Waals surface area contributed by atoms with Crippen LogP contribution in [0.4, 0.5) is 0 Å².